The second kappa shape index (κ2) is 5.02. The van der Waals surface area contributed by atoms with E-state index in [2.05, 4.69) is 0 Å². The quantitative estimate of drug-likeness (QED) is 0.912. The third-order valence-electron chi connectivity index (χ3n) is 4.18. The molecule has 1 aromatic rings. The molecular weight excluding hydrogens is 281 g/mol. The predicted molar refractivity (Wildman–Crippen MR) is 71.3 cm³/mol. The molecule has 0 spiro atoms. The number of carbonyl (C=O) groups excluding carboxylic acids is 1. The van der Waals surface area contributed by atoms with Gasteiger partial charge in [-0.05, 0) is 37.0 Å². The van der Waals surface area contributed by atoms with Crippen molar-refractivity contribution in [2.45, 2.75) is 50.0 Å². The van der Waals surface area contributed by atoms with Gasteiger partial charge in [0.15, 0.2) is 0 Å². The fourth-order valence-corrected chi connectivity index (χ4v) is 3.03. The Morgan fingerprint density at radius 1 is 1.19 bits per heavy atom. The Bertz CT molecular complexity index is 554. The lowest BCUT2D eigenvalue weighted by Gasteiger charge is -2.40. The number of carbonyl (C=O) groups is 1. The summed E-state index contributed by atoms with van der Waals surface area (Å²) in [6.45, 7) is 0. The summed E-state index contributed by atoms with van der Waals surface area (Å²) in [6.07, 6.45) is -1.67. The highest BCUT2D eigenvalue weighted by atomic mass is 19.4. The largest absolute Gasteiger partial charge is 0.416 e. The monoisotopic (exact) mass is 298 g/mol. The Labute approximate surface area is 120 Å². The Kier molecular flexibility index (Phi) is 3.43. The first-order valence-corrected chi connectivity index (χ1v) is 7.12. The second-order valence-corrected chi connectivity index (χ2v) is 5.80. The zero-order chi connectivity index (χ0) is 15.2. The van der Waals surface area contributed by atoms with E-state index in [9.17, 15) is 18.0 Å². The first-order valence-electron chi connectivity index (χ1n) is 7.12. The fourth-order valence-electron chi connectivity index (χ4n) is 3.03. The summed E-state index contributed by atoms with van der Waals surface area (Å²) in [5.41, 5.74) is 5.90. The van der Waals surface area contributed by atoms with Crippen molar-refractivity contribution >= 4 is 5.91 Å². The maximum absolute atomic E-state index is 12.9. The minimum Gasteiger partial charge on any atom is -0.331 e. The standard InChI is InChI=1S/C15H17F3N2O/c16-15(17,18)10-3-1-2-9(8-10)14-12(19)6-7-13(21)20(14)11-4-5-11/h1-3,8,11-12,14H,4-7,19H2. The van der Waals surface area contributed by atoms with Gasteiger partial charge in [-0.25, -0.2) is 0 Å². The van der Waals surface area contributed by atoms with E-state index in [1.54, 1.807) is 11.0 Å². The van der Waals surface area contributed by atoms with Gasteiger partial charge in [0.05, 0.1) is 11.6 Å². The highest BCUT2D eigenvalue weighted by molar-refractivity contribution is 5.78. The molecule has 1 aliphatic carbocycles. The molecule has 1 aromatic carbocycles. The van der Waals surface area contributed by atoms with Crippen LogP contribution in [0, 0.1) is 0 Å². The van der Waals surface area contributed by atoms with Gasteiger partial charge in [0, 0.05) is 18.5 Å². The van der Waals surface area contributed by atoms with Crippen molar-refractivity contribution in [2.75, 3.05) is 0 Å². The molecule has 1 saturated carbocycles. The Morgan fingerprint density at radius 2 is 1.90 bits per heavy atom. The number of piperidine rings is 1. The lowest BCUT2D eigenvalue weighted by Crippen LogP contribution is -2.49. The van der Waals surface area contributed by atoms with Crippen LogP contribution in [0.5, 0.6) is 0 Å². The average Bonchev–Trinajstić information content (AvgIpc) is 3.24. The smallest absolute Gasteiger partial charge is 0.331 e. The van der Waals surface area contributed by atoms with Crippen LogP contribution in [-0.4, -0.2) is 22.9 Å². The van der Waals surface area contributed by atoms with Crippen LogP contribution in [0.1, 0.15) is 42.9 Å². The van der Waals surface area contributed by atoms with Crippen LogP contribution in [-0.2, 0) is 11.0 Å². The molecule has 0 radical (unpaired) electrons. The summed E-state index contributed by atoms with van der Waals surface area (Å²) in [7, 11) is 0. The van der Waals surface area contributed by atoms with Gasteiger partial charge in [-0.3, -0.25) is 4.79 Å². The highest BCUT2D eigenvalue weighted by Crippen LogP contribution is 2.41. The summed E-state index contributed by atoms with van der Waals surface area (Å²) < 4.78 is 38.6. The Hall–Kier alpha value is -1.56. The molecule has 2 fully saturated rings. The van der Waals surface area contributed by atoms with Gasteiger partial charge in [-0.1, -0.05) is 12.1 Å². The average molecular weight is 298 g/mol. The summed E-state index contributed by atoms with van der Waals surface area (Å²) in [5.74, 6) is 0.00149. The third kappa shape index (κ3) is 2.77. The van der Waals surface area contributed by atoms with Crippen LogP contribution < -0.4 is 5.73 Å². The number of benzene rings is 1. The van der Waals surface area contributed by atoms with E-state index in [1.165, 1.54) is 6.07 Å². The van der Waals surface area contributed by atoms with Crippen LogP contribution in [0.15, 0.2) is 24.3 Å². The van der Waals surface area contributed by atoms with Gasteiger partial charge >= 0.3 is 6.18 Å². The number of alkyl halides is 3. The summed E-state index contributed by atoms with van der Waals surface area (Å²) in [5, 5.41) is 0. The SMILES string of the molecule is NC1CCC(=O)N(C2CC2)C1c1cccc(C(F)(F)F)c1. The first-order chi connectivity index (χ1) is 9.88. The van der Waals surface area contributed by atoms with E-state index in [-0.39, 0.29) is 18.0 Å². The van der Waals surface area contributed by atoms with Crippen LogP contribution in [0.3, 0.4) is 0 Å². The van der Waals surface area contributed by atoms with Gasteiger partial charge in [0.2, 0.25) is 5.91 Å². The Morgan fingerprint density at radius 3 is 2.52 bits per heavy atom. The van der Waals surface area contributed by atoms with E-state index in [0.717, 1.165) is 25.0 Å². The Balaban J connectivity index is 1.97. The lowest BCUT2D eigenvalue weighted by molar-refractivity contribution is -0.138. The molecule has 2 atom stereocenters. The number of hydrogen-bond donors (Lipinski definition) is 1. The van der Waals surface area contributed by atoms with Crippen molar-refractivity contribution in [3.05, 3.63) is 35.4 Å². The highest BCUT2D eigenvalue weighted by Gasteiger charge is 2.43. The summed E-state index contributed by atoms with van der Waals surface area (Å²) >= 11 is 0. The predicted octanol–water partition coefficient (Wildman–Crippen LogP) is 2.86. The molecule has 0 bridgehead atoms. The number of nitrogens with two attached hydrogens (primary N) is 1. The molecule has 1 saturated heterocycles. The van der Waals surface area contributed by atoms with E-state index >= 15 is 0 Å². The molecule has 2 aliphatic rings. The molecule has 3 rings (SSSR count). The maximum Gasteiger partial charge on any atom is 0.416 e. The molecule has 3 nitrogen and oxygen atoms in total. The van der Waals surface area contributed by atoms with Crippen molar-refractivity contribution in [2.24, 2.45) is 5.73 Å². The van der Waals surface area contributed by atoms with E-state index in [1.807, 2.05) is 0 Å². The van der Waals surface area contributed by atoms with E-state index in [4.69, 9.17) is 5.73 Å². The number of amides is 1. The topological polar surface area (TPSA) is 46.3 Å². The fraction of sp³-hybridized carbons (Fsp3) is 0.533. The van der Waals surface area contributed by atoms with Crippen LogP contribution >= 0.6 is 0 Å². The number of hydrogen-bond acceptors (Lipinski definition) is 2. The van der Waals surface area contributed by atoms with Crippen LogP contribution in [0.2, 0.25) is 0 Å². The van der Waals surface area contributed by atoms with E-state index < -0.39 is 17.8 Å². The number of likely N-dealkylation sites (tertiary alicyclic amines) is 1. The van der Waals surface area contributed by atoms with Gasteiger partial charge < -0.3 is 10.6 Å². The normalized spacial score (nSPS) is 27.0. The molecular formula is C15H17F3N2O. The molecule has 6 heteroatoms. The number of rotatable bonds is 2. The minimum atomic E-state index is -4.39. The van der Waals surface area contributed by atoms with Crippen molar-refractivity contribution < 1.29 is 18.0 Å². The third-order valence-corrected chi connectivity index (χ3v) is 4.18. The van der Waals surface area contributed by atoms with Gasteiger partial charge in [0.25, 0.3) is 0 Å². The first kappa shape index (κ1) is 14.4. The van der Waals surface area contributed by atoms with E-state index in [0.29, 0.717) is 18.4 Å². The van der Waals surface area contributed by atoms with Gasteiger partial charge in [0.1, 0.15) is 0 Å². The molecule has 1 heterocycles. The summed E-state index contributed by atoms with van der Waals surface area (Å²) in [6, 6.07) is 4.57. The zero-order valence-electron chi connectivity index (χ0n) is 11.4. The molecule has 2 unspecified atom stereocenters. The second-order valence-electron chi connectivity index (χ2n) is 5.80. The summed E-state index contributed by atoms with van der Waals surface area (Å²) in [4.78, 5) is 13.8. The zero-order valence-corrected chi connectivity index (χ0v) is 11.4. The minimum absolute atomic E-state index is 0.00149. The van der Waals surface area contributed by atoms with Crippen LogP contribution in [0.4, 0.5) is 13.2 Å². The number of halogens is 3. The van der Waals surface area contributed by atoms with Crippen molar-refractivity contribution in [1.29, 1.82) is 0 Å². The maximum atomic E-state index is 12.9. The molecule has 2 N–H and O–H groups in total. The molecule has 1 amide bonds. The molecule has 21 heavy (non-hydrogen) atoms. The number of nitrogens with zero attached hydrogens (tertiary/aromatic N) is 1. The van der Waals surface area contributed by atoms with Crippen molar-refractivity contribution in [3.8, 4) is 0 Å². The molecule has 0 aromatic heterocycles. The van der Waals surface area contributed by atoms with Crippen LogP contribution in [0.25, 0.3) is 0 Å². The van der Waals surface area contributed by atoms with Crippen molar-refractivity contribution in [3.63, 3.8) is 0 Å². The van der Waals surface area contributed by atoms with Gasteiger partial charge in [-0.2, -0.15) is 13.2 Å². The molecule has 1 aliphatic heterocycles. The van der Waals surface area contributed by atoms with Crippen molar-refractivity contribution in [1.82, 2.24) is 4.90 Å². The van der Waals surface area contributed by atoms with Gasteiger partial charge in [-0.15, -0.1) is 0 Å². The lowest BCUT2D eigenvalue weighted by atomic mass is 9.89. The molecule has 114 valence electrons.